The van der Waals surface area contributed by atoms with Crippen LogP contribution in [0.15, 0.2) is 47.8 Å². The standard InChI is InChI=1S/C22H19F2NO3S/c1-13-3-5-14(6-4-13)20-25-16(12-29-20)10-17(26)11-22(2,21(27)28)18-9-15(23)7-8-19(18)24/h3-9,12H,10-11H2,1-2H3,(H,27,28). The predicted octanol–water partition coefficient (Wildman–Crippen LogP) is 4.94. The maximum atomic E-state index is 14.2. The molecule has 0 aliphatic rings. The average Bonchev–Trinajstić information content (AvgIpc) is 3.12. The highest BCUT2D eigenvalue weighted by Crippen LogP contribution is 2.32. The van der Waals surface area contributed by atoms with Crippen LogP contribution in [0.25, 0.3) is 10.6 Å². The van der Waals surface area contributed by atoms with Crippen molar-refractivity contribution < 1.29 is 23.5 Å². The molecule has 0 radical (unpaired) electrons. The molecule has 3 rings (SSSR count). The van der Waals surface area contributed by atoms with Crippen molar-refractivity contribution in [2.75, 3.05) is 0 Å². The zero-order chi connectivity index (χ0) is 21.2. The van der Waals surface area contributed by atoms with Gasteiger partial charge in [-0.2, -0.15) is 0 Å². The number of hydrogen-bond acceptors (Lipinski definition) is 4. The normalized spacial score (nSPS) is 13.1. The highest BCUT2D eigenvalue weighted by atomic mass is 32.1. The predicted molar refractivity (Wildman–Crippen MR) is 107 cm³/mol. The number of carboxylic acid groups (broad SMARTS) is 1. The summed E-state index contributed by atoms with van der Waals surface area (Å²) in [4.78, 5) is 28.9. The van der Waals surface area contributed by atoms with Crippen LogP contribution in [0.5, 0.6) is 0 Å². The van der Waals surface area contributed by atoms with E-state index in [2.05, 4.69) is 4.98 Å². The molecule has 0 aliphatic carbocycles. The molecule has 1 aromatic heterocycles. The van der Waals surface area contributed by atoms with Crippen molar-refractivity contribution in [2.45, 2.75) is 32.1 Å². The van der Waals surface area contributed by atoms with Crippen molar-refractivity contribution in [3.05, 3.63) is 76.3 Å². The molecule has 7 heteroatoms. The number of aromatic nitrogens is 1. The maximum absolute atomic E-state index is 14.2. The van der Waals surface area contributed by atoms with E-state index in [4.69, 9.17) is 0 Å². The number of Topliss-reactive ketones (excluding diaryl/α,β-unsaturated/α-hetero) is 1. The van der Waals surface area contributed by atoms with Gasteiger partial charge in [-0.25, -0.2) is 13.8 Å². The van der Waals surface area contributed by atoms with Gasteiger partial charge in [0, 0.05) is 29.3 Å². The molecule has 2 aromatic carbocycles. The Kier molecular flexibility index (Phi) is 5.88. The fourth-order valence-electron chi connectivity index (χ4n) is 3.08. The first-order chi connectivity index (χ1) is 13.7. The van der Waals surface area contributed by atoms with Gasteiger partial charge < -0.3 is 5.11 Å². The van der Waals surface area contributed by atoms with Gasteiger partial charge in [0.1, 0.15) is 22.4 Å². The van der Waals surface area contributed by atoms with E-state index in [1.165, 1.54) is 18.3 Å². The summed E-state index contributed by atoms with van der Waals surface area (Å²) in [6.45, 7) is 3.21. The van der Waals surface area contributed by atoms with Crippen molar-refractivity contribution in [3.63, 3.8) is 0 Å². The summed E-state index contributed by atoms with van der Waals surface area (Å²) in [6, 6.07) is 10.4. The number of aryl methyl sites for hydroxylation is 1. The molecule has 0 aliphatic heterocycles. The number of carbonyl (C=O) groups is 2. The third kappa shape index (κ3) is 4.56. The van der Waals surface area contributed by atoms with Gasteiger partial charge in [0.25, 0.3) is 0 Å². The summed E-state index contributed by atoms with van der Waals surface area (Å²) in [5.74, 6) is -3.43. The Morgan fingerprint density at radius 3 is 2.48 bits per heavy atom. The first kappa shape index (κ1) is 20.8. The number of benzene rings is 2. The minimum atomic E-state index is -1.88. The van der Waals surface area contributed by atoms with Crippen LogP contribution in [-0.4, -0.2) is 21.8 Å². The molecular formula is C22H19F2NO3S. The molecule has 150 valence electrons. The fourth-order valence-corrected chi connectivity index (χ4v) is 3.91. The topological polar surface area (TPSA) is 67.3 Å². The molecule has 0 fully saturated rings. The highest BCUT2D eigenvalue weighted by molar-refractivity contribution is 7.13. The van der Waals surface area contributed by atoms with Gasteiger partial charge in [0.15, 0.2) is 0 Å². The Bertz CT molecular complexity index is 1060. The van der Waals surface area contributed by atoms with E-state index in [0.717, 1.165) is 34.3 Å². The first-order valence-corrected chi connectivity index (χ1v) is 9.79. The molecule has 29 heavy (non-hydrogen) atoms. The van der Waals surface area contributed by atoms with Crippen LogP contribution in [0.1, 0.15) is 30.2 Å². The van der Waals surface area contributed by atoms with Gasteiger partial charge in [-0.05, 0) is 32.0 Å². The van der Waals surface area contributed by atoms with Crippen molar-refractivity contribution in [3.8, 4) is 10.6 Å². The minimum absolute atomic E-state index is 0.0812. The molecular weight excluding hydrogens is 396 g/mol. The number of aliphatic carboxylic acids is 1. The van der Waals surface area contributed by atoms with Gasteiger partial charge in [-0.3, -0.25) is 9.59 Å². The van der Waals surface area contributed by atoms with Crippen molar-refractivity contribution in [1.82, 2.24) is 4.98 Å². The van der Waals surface area contributed by atoms with E-state index in [-0.39, 0.29) is 12.0 Å². The zero-order valence-corrected chi connectivity index (χ0v) is 16.7. The Labute approximate surface area is 170 Å². The summed E-state index contributed by atoms with van der Waals surface area (Å²) in [7, 11) is 0. The van der Waals surface area contributed by atoms with E-state index in [1.807, 2.05) is 31.2 Å². The van der Waals surface area contributed by atoms with Gasteiger partial charge >= 0.3 is 5.97 Å². The number of carboxylic acids is 1. The summed E-state index contributed by atoms with van der Waals surface area (Å²) < 4.78 is 27.7. The largest absolute Gasteiger partial charge is 0.481 e. The second-order valence-corrected chi connectivity index (χ2v) is 8.02. The molecule has 0 spiro atoms. The Morgan fingerprint density at radius 2 is 1.83 bits per heavy atom. The number of ketones is 1. The average molecular weight is 415 g/mol. The van der Waals surface area contributed by atoms with Gasteiger partial charge in [-0.15, -0.1) is 11.3 Å². The zero-order valence-electron chi connectivity index (χ0n) is 15.9. The van der Waals surface area contributed by atoms with Gasteiger partial charge in [-0.1, -0.05) is 29.8 Å². The molecule has 3 aromatic rings. The molecule has 0 saturated carbocycles. The second-order valence-electron chi connectivity index (χ2n) is 7.16. The third-order valence-electron chi connectivity index (χ3n) is 4.77. The minimum Gasteiger partial charge on any atom is -0.481 e. The van der Waals surface area contributed by atoms with Crippen LogP contribution in [0, 0.1) is 18.6 Å². The molecule has 1 atom stereocenters. The lowest BCUT2D eigenvalue weighted by atomic mass is 9.77. The van der Waals surface area contributed by atoms with Crippen LogP contribution in [-0.2, 0) is 21.4 Å². The Hall–Kier alpha value is -2.93. The molecule has 1 unspecified atom stereocenters. The smallest absolute Gasteiger partial charge is 0.314 e. The summed E-state index contributed by atoms with van der Waals surface area (Å²) in [5.41, 5.74) is 0.341. The Balaban J connectivity index is 1.79. The number of halogens is 2. The van der Waals surface area contributed by atoms with Crippen LogP contribution in [0.2, 0.25) is 0 Å². The number of nitrogens with zero attached hydrogens (tertiary/aromatic N) is 1. The molecule has 0 bridgehead atoms. The molecule has 0 amide bonds. The van der Waals surface area contributed by atoms with Crippen LogP contribution < -0.4 is 0 Å². The van der Waals surface area contributed by atoms with E-state index < -0.39 is 35.2 Å². The van der Waals surface area contributed by atoms with Crippen LogP contribution >= 0.6 is 11.3 Å². The lowest BCUT2D eigenvalue weighted by molar-refractivity contribution is -0.145. The lowest BCUT2D eigenvalue weighted by Gasteiger charge is -2.25. The molecule has 1 N–H and O–H groups in total. The number of rotatable bonds is 7. The van der Waals surface area contributed by atoms with Crippen molar-refractivity contribution in [2.24, 2.45) is 0 Å². The van der Waals surface area contributed by atoms with Gasteiger partial charge in [0.2, 0.25) is 0 Å². The van der Waals surface area contributed by atoms with Crippen LogP contribution in [0.4, 0.5) is 8.78 Å². The van der Waals surface area contributed by atoms with Crippen molar-refractivity contribution >= 4 is 23.1 Å². The number of carbonyl (C=O) groups excluding carboxylic acids is 1. The maximum Gasteiger partial charge on any atom is 0.314 e. The second kappa shape index (κ2) is 8.21. The third-order valence-corrected chi connectivity index (χ3v) is 5.71. The number of hydrogen-bond donors (Lipinski definition) is 1. The lowest BCUT2D eigenvalue weighted by Crippen LogP contribution is -2.36. The monoisotopic (exact) mass is 415 g/mol. The Morgan fingerprint density at radius 1 is 1.14 bits per heavy atom. The van der Waals surface area contributed by atoms with E-state index in [0.29, 0.717) is 5.69 Å². The SMILES string of the molecule is Cc1ccc(-c2nc(CC(=O)CC(C)(C(=O)O)c3cc(F)ccc3F)cs2)cc1. The number of thiazole rings is 1. The summed E-state index contributed by atoms with van der Waals surface area (Å²) in [6.07, 6.45) is -0.553. The van der Waals surface area contributed by atoms with E-state index in [9.17, 15) is 23.5 Å². The summed E-state index contributed by atoms with van der Waals surface area (Å²) in [5, 5.41) is 12.1. The first-order valence-electron chi connectivity index (χ1n) is 8.91. The van der Waals surface area contributed by atoms with E-state index >= 15 is 0 Å². The highest BCUT2D eigenvalue weighted by Gasteiger charge is 2.40. The van der Waals surface area contributed by atoms with E-state index in [1.54, 1.807) is 5.38 Å². The molecule has 0 saturated heterocycles. The molecule has 1 heterocycles. The molecule has 4 nitrogen and oxygen atoms in total. The quantitative estimate of drug-likeness (QED) is 0.593. The fraction of sp³-hybridized carbons (Fsp3) is 0.227. The summed E-state index contributed by atoms with van der Waals surface area (Å²) >= 11 is 1.39. The van der Waals surface area contributed by atoms with Crippen LogP contribution in [0.3, 0.4) is 0 Å². The van der Waals surface area contributed by atoms with Crippen molar-refractivity contribution in [1.29, 1.82) is 0 Å². The van der Waals surface area contributed by atoms with Gasteiger partial charge in [0.05, 0.1) is 11.1 Å².